The third-order valence-electron chi connectivity index (χ3n) is 5.99. The molecule has 170 valence electrons. The third-order valence-corrected chi connectivity index (χ3v) is 7.20. The molecule has 0 saturated heterocycles. The number of hydrogen-bond donors (Lipinski definition) is 1. The van der Waals surface area contributed by atoms with E-state index in [4.69, 9.17) is 4.74 Å². The van der Waals surface area contributed by atoms with Crippen molar-refractivity contribution in [2.75, 3.05) is 27.7 Å². The lowest BCUT2D eigenvalue weighted by atomic mass is 10.0. The average molecular weight is 459 g/mol. The monoisotopic (exact) mass is 458 g/mol. The molecule has 0 aliphatic rings. The van der Waals surface area contributed by atoms with Crippen molar-refractivity contribution in [2.45, 2.75) is 19.4 Å². The van der Waals surface area contributed by atoms with Crippen LogP contribution < -0.4 is 10.1 Å². The van der Waals surface area contributed by atoms with Gasteiger partial charge in [0.05, 0.1) is 18.0 Å². The molecule has 0 saturated carbocycles. The number of rotatable bonds is 8. The summed E-state index contributed by atoms with van der Waals surface area (Å²) in [5.41, 5.74) is 4.68. The number of thiophene rings is 1. The summed E-state index contributed by atoms with van der Waals surface area (Å²) in [6.07, 6.45) is 0.739. The minimum absolute atomic E-state index is 0.0151. The number of nitrogens with zero attached hydrogens (tertiary/aromatic N) is 1. The highest BCUT2D eigenvalue weighted by Crippen LogP contribution is 2.33. The van der Waals surface area contributed by atoms with Crippen LogP contribution in [0, 0.1) is 6.92 Å². The van der Waals surface area contributed by atoms with Crippen molar-refractivity contribution in [3.63, 3.8) is 0 Å². The molecule has 1 unspecified atom stereocenters. The maximum atomic E-state index is 13.4. The fourth-order valence-electron chi connectivity index (χ4n) is 4.06. The summed E-state index contributed by atoms with van der Waals surface area (Å²) in [4.78, 5) is 16.3. The zero-order chi connectivity index (χ0) is 23.4. The van der Waals surface area contributed by atoms with Crippen LogP contribution in [0.3, 0.4) is 0 Å². The van der Waals surface area contributed by atoms with Crippen molar-refractivity contribution in [1.82, 2.24) is 10.2 Å². The van der Waals surface area contributed by atoms with Crippen LogP contribution in [0.2, 0.25) is 0 Å². The molecule has 3 aromatic carbocycles. The topological polar surface area (TPSA) is 41.6 Å². The molecule has 1 atom stereocenters. The Morgan fingerprint density at radius 2 is 1.70 bits per heavy atom. The number of benzene rings is 3. The lowest BCUT2D eigenvalue weighted by Crippen LogP contribution is -2.34. The molecule has 4 nitrogen and oxygen atoms in total. The number of aryl methyl sites for hydroxylation is 1. The molecule has 5 heteroatoms. The predicted octanol–water partition coefficient (Wildman–Crippen LogP) is 5.84. The fourth-order valence-corrected chi connectivity index (χ4v) is 5.20. The molecular weight excluding hydrogens is 428 g/mol. The zero-order valence-electron chi connectivity index (χ0n) is 19.6. The molecule has 0 fully saturated rings. The molecule has 0 aliphatic heterocycles. The maximum Gasteiger partial charge on any atom is 0.261 e. The van der Waals surface area contributed by atoms with E-state index in [-0.39, 0.29) is 11.9 Å². The highest BCUT2D eigenvalue weighted by atomic mass is 32.1. The largest absolute Gasteiger partial charge is 0.497 e. The van der Waals surface area contributed by atoms with Gasteiger partial charge in [-0.05, 0) is 67.7 Å². The third kappa shape index (κ3) is 5.27. The predicted molar refractivity (Wildman–Crippen MR) is 138 cm³/mol. The molecular formula is C28H30N2O2S. The van der Waals surface area contributed by atoms with Crippen molar-refractivity contribution in [3.05, 3.63) is 99.9 Å². The van der Waals surface area contributed by atoms with Gasteiger partial charge >= 0.3 is 0 Å². The summed E-state index contributed by atoms with van der Waals surface area (Å²) >= 11 is 1.57. The minimum Gasteiger partial charge on any atom is -0.497 e. The molecule has 4 aromatic rings. The van der Waals surface area contributed by atoms with Gasteiger partial charge in [-0.2, -0.15) is 0 Å². The van der Waals surface area contributed by atoms with Crippen LogP contribution in [-0.2, 0) is 6.42 Å². The molecule has 0 aliphatic carbocycles. The second-order valence-electron chi connectivity index (χ2n) is 8.53. The normalized spacial score (nSPS) is 12.2. The van der Waals surface area contributed by atoms with E-state index in [9.17, 15) is 4.79 Å². The molecule has 0 radical (unpaired) electrons. The van der Waals surface area contributed by atoms with Gasteiger partial charge in [0.1, 0.15) is 5.75 Å². The molecule has 0 bridgehead atoms. The first kappa shape index (κ1) is 23.0. The van der Waals surface area contributed by atoms with Gasteiger partial charge in [-0.1, -0.05) is 60.2 Å². The summed E-state index contributed by atoms with van der Waals surface area (Å²) < 4.78 is 6.42. The van der Waals surface area contributed by atoms with Crippen LogP contribution in [0.15, 0.2) is 72.8 Å². The second kappa shape index (κ2) is 10.2. The van der Waals surface area contributed by atoms with E-state index in [1.165, 1.54) is 11.1 Å². The molecule has 0 spiro atoms. The Labute approximate surface area is 199 Å². The van der Waals surface area contributed by atoms with E-state index in [1.807, 2.05) is 38.4 Å². The molecule has 1 heterocycles. The molecule has 4 rings (SSSR count). The van der Waals surface area contributed by atoms with Crippen LogP contribution in [0.4, 0.5) is 0 Å². The minimum atomic E-state index is -0.0151. The highest BCUT2D eigenvalue weighted by Gasteiger charge is 2.21. The number of methoxy groups -OCH3 is 1. The lowest BCUT2D eigenvalue weighted by Gasteiger charge is -2.25. The smallest absolute Gasteiger partial charge is 0.261 e. The van der Waals surface area contributed by atoms with E-state index in [0.717, 1.165) is 38.3 Å². The maximum absolute atomic E-state index is 13.4. The van der Waals surface area contributed by atoms with Gasteiger partial charge in [-0.15, -0.1) is 11.3 Å². The lowest BCUT2D eigenvalue weighted by molar-refractivity contribution is 0.0945. The Bertz CT molecular complexity index is 1230. The second-order valence-corrected chi connectivity index (χ2v) is 9.58. The first-order valence-corrected chi connectivity index (χ1v) is 11.9. The first-order valence-electron chi connectivity index (χ1n) is 11.1. The standard InChI is InChI=1S/C28H30N2O2S/c1-19-9-11-20(12-10-19)17-24-23-7-5-6-8-26(23)33-27(24)28(31)29-18-25(30(2)3)21-13-15-22(32-4)16-14-21/h5-16,25H,17-18H2,1-4H3,(H,29,31). The zero-order valence-corrected chi connectivity index (χ0v) is 20.4. The van der Waals surface area contributed by atoms with Gasteiger partial charge in [-0.25, -0.2) is 0 Å². The molecule has 1 aromatic heterocycles. The number of fused-ring (bicyclic) bond motifs is 1. The highest BCUT2D eigenvalue weighted by molar-refractivity contribution is 7.21. The van der Waals surface area contributed by atoms with Crippen LogP contribution in [-0.4, -0.2) is 38.6 Å². The van der Waals surface area contributed by atoms with Gasteiger partial charge in [0, 0.05) is 11.2 Å². The van der Waals surface area contributed by atoms with Crippen molar-refractivity contribution in [2.24, 2.45) is 0 Å². The Kier molecular flexibility index (Phi) is 7.11. The van der Waals surface area contributed by atoms with Gasteiger partial charge in [-0.3, -0.25) is 4.79 Å². The number of carbonyl (C=O) groups is 1. The summed E-state index contributed by atoms with van der Waals surface area (Å²) in [5, 5.41) is 4.36. The summed E-state index contributed by atoms with van der Waals surface area (Å²) in [6.45, 7) is 2.61. The van der Waals surface area contributed by atoms with Gasteiger partial charge < -0.3 is 15.0 Å². The summed E-state index contributed by atoms with van der Waals surface area (Å²) in [6, 6.07) is 24.9. The van der Waals surface area contributed by atoms with Crippen LogP contribution >= 0.6 is 11.3 Å². The Morgan fingerprint density at radius 1 is 1.00 bits per heavy atom. The molecule has 33 heavy (non-hydrogen) atoms. The summed E-state index contributed by atoms with van der Waals surface area (Å²) in [7, 11) is 5.73. The van der Waals surface area contributed by atoms with Crippen molar-refractivity contribution in [3.8, 4) is 5.75 Å². The number of ether oxygens (including phenoxy) is 1. The van der Waals surface area contributed by atoms with E-state index < -0.39 is 0 Å². The molecule has 1 amide bonds. The van der Waals surface area contributed by atoms with Gasteiger partial charge in [0.25, 0.3) is 5.91 Å². The van der Waals surface area contributed by atoms with Gasteiger partial charge in [0.2, 0.25) is 0 Å². The van der Waals surface area contributed by atoms with Crippen LogP contribution in [0.25, 0.3) is 10.1 Å². The van der Waals surface area contributed by atoms with Gasteiger partial charge in [0.15, 0.2) is 0 Å². The first-order chi connectivity index (χ1) is 16.0. The summed E-state index contributed by atoms with van der Waals surface area (Å²) in [5.74, 6) is 0.810. The van der Waals surface area contributed by atoms with Crippen molar-refractivity contribution < 1.29 is 9.53 Å². The number of hydrogen-bond acceptors (Lipinski definition) is 4. The van der Waals surface area contributed by atoms with E-state index in [0.29, 0.717) is 6.54 Å². The number of nitrogens with one attached hydrogen (secondary N) is 1. The van der Waals surface area contributed by atoms with Crippen LogP contribution in [0.1, 0.15) is 38.0 Å². The Balaban J connectivity index is 1.58. The Hall–Kier alpha value is -3.15. The fraction of sp³-hybridized carbons (Fsp3) is 0.250. The van der Waals surface area contributed by atoms with E-state index >= 15 is 0 Å². The average Bonchev–Trinajstić information content (AvgIpc) is 3.19. The molecule has 1 N–H and O–H groups in total. The van der Waals surface area contributed by atoms with Crippen molar-refractivity contribution >= 4 is 27.3 Å². The SMILES string of the molecule is COc1ccc(C(CNC(=O)c2sc3ccccc3c2Cc2ccc(C)cc2)N(C)C)cc1. The van der Waals surface area contributed by atoms with Crippen LogP contribution in [0.5, 0.6) is 5.75 Å². The number of likely N-dealkylation sites (N-methyl/N-ethyl adjacent to an activating group) is 1. The van der Waals surface area contributed by atoms with Crippen molar-refractivity contribution in [1.29, 1.82) is 0 Å². The van der Waals surface area contributed by atoms with E-state index in [1.54, 1.807) is 18.4 Å². The quantitative estimate of drug-likeness (QED) is 0.361. The number of amides is 1. The van der Waals surface area contributed by atoms with E-state index in [2.05, 4.69) is 65.7 Å². The Morgan fingerprint density at radius 3 is 2.36 bits per heavy atom. The number of carbonyl (C=O) groups excluding carboxylic acids is 1.